The van der Waals surface area contributed by atoms with Crippen LogP contribution in [-0.2, 0) is 4.74 Å². The summed E-state index contributed by atoms with van der Waals surface area (Å²) in [5.74, 6) is 1.50. The topological polar surface area (TPSA) is 21.3 Å². The highest BCUT2D eigenvalue weighted by molar-refractivity contribution is 4.84. The Labute approximate surface area is 94.8 Å². The van der Waals surface area contributed by atoms with Crippen molar-refractivity contribution in [2.24, 2.45) is 11.8 Å². The SMILES string of the molecule is CCOCC(NC1CCCC1C)C(C)C. The van der Waals surface area contributed by atoms with Crippen molar-refractivity contribution in [2.75, 3.05) is 13.2 Å². The van der Waals surface area contributed by atoms with Crippen LogP contribution in [0.3, 0.4) is 0 Å². The summed E-state index contributed by atoms with van der Waals surface area (Å²) >= 11 is 0. The molecular formula is C13H27NO. The van der Waals surface area contributed by atoms with Gasteiger partial charge in [0.1, 0.15) is 0 Å². The van der Waals surface area contributed by atoms with E-state index < -0.39 is 0 Å². The predicted octanol–water partition coefficient (Wildman–Crippen LogP) is 2.83. The molecule has 0 bridgehead atoms. The largest absolute Gasteiger partial charge is 0.380 e. The van der Waals surface area contributed by atoms with E-state index in [1.165, 1.54) is 19.3 Å². The molecule has 1 fully saturated rings. The van der Waals surface area contributed by atoms with Gasteiger partial charge in [-0.05, 0) is 31.6 Å². The molecule has 1 N–H and O–H groups in total. The van der Waals surface area contributed by atoms with Crippen molar-refractivity contribution < 1.29 is 4.74 Å². The van der Waals surface area contributed by atoms with Crippen molar-refractivity contribution in [3.63, 3.8) is 0 Å². The van der Waals surface area contributed by atoms with E-state index in [9.17, 15) is 0 Å². The zero-order valence-corrected chi connectivity index (χ0v) is 10.8. The zero-order valence-electron chi connectivity index (χ0n) is 10.8. The average molecular weight is 213 g/mol. The van der Waals surface area contributed by atoms with Crippen LogP contribution in [0, 0.1) is 11.8 Å². The summed E-state index contributed by atoms with van der Waals surface area (Å²) in [4.78, 5) is 0. The van der Waals surface area contributed by atoms with Crippen molar-refractivity contribution in [1.29, 1.82) is 0 Å². The van der Waals surface area contributed by atoms with E-state index in [0.717, 1.165) is 25.2 Å². The number of hydrogen-bond donors (Lipinski definition) is 1. The van der Waals surface area contributed by atoms with Crippen LogP contribution in [0.4, 0.5) is 0 Å². The maximum atomic E-state index is 5.54. The molecule has 0 amide bonds. The fourth-order valence-corrected chi connectivity index (χ4v) is 2.35. The fraction of sp³-hybridized carbons (Fsp3) is 1.00. The molecule has 1 aliphatic carbocycles. The van der Waals surface area contributed by atoms with Crippen LogP contribution >= 0.6 is 0 Å². The third-order valence-corrected chi connectivity index (χ3v) is 3.60. The first-order chi connectivity index (χ1) is 7.15. The molecule has 2 heteroatoms. The van der Waals surface area contributed by atoms with Crippen LogP contribution in [0.2, 0.25) is 0 Å². The molecule has 0 aromatic carbocycles. The third-order valence-electron chi connectivity index (χ3n) is 3.60. The number of hydrogen-bond acceptors (Lipinski definition) is 2. The van der Waals surface area contributed by atoms with Gasteiger partial charge in [-0.2, -0.15) is 0 Å². The summed E-state index contributed by atoms with van der Waals surface area (Å²) < 4.78 is 5.54. The van der Waals surface area contributed by atoms with Gasteiger partial charge in [0, 0.05) is 18.7 Å². The second kappa shape index (κ2) is 6.49. The van der Waals surface area contributed by atoms with Gasteiger partial charge in [-0.15, -0.1) is 0 Å². The van der Waals surface area contributed by atoms with E-state index in [2.05, 4.69) is 33.0 Å². The smallest absolute Gasteiger partial charge is 0.0622 e. The molecule has 0 aliphatic heterocycles. The Bertz CT molecular complexity index is 170. The fourth-order valence-electron chi connectivity index (χ4n) is 2.35. The number of nitrogens with one attached hydrogen (secondary N) is 1. The Balaban J connectivity index is 2.35. The minimum atomic E-state index is 0.524. The van der Waals surface area contributed by atoms with Gasteiger partial charge in [0.25, 0.3) is 0 Å². The predicted molar refractivity (Wildman–Crippen MR) is 65.1 cm³/mol. The van der Waals surface area contributed by atoms with Gasteiger partial charge in [0.15, 0.2) is 0 Å². The lowest BCUT2D eigenvalue weighted by Crippen LogP contribution is -2.45. The Morgan fingerprint density at radius 1 is 1.33 bits per heavy atom. The molecule has 0 spiro atoms. The quantitative estimate of drug-likeness (QED) is 0.732. The first-order valence-electron chi connectivity index (χ1n) is 6.49. The summed E-state index contributed by atoms with van der Waals surface area (Å²) in [6, 6.07) is 1.24. The first kappa shape index (κ1) is 13.0. The molecule has 90 valence electrons. The summed E-state index contributed by atoms with van der Waals surface area (Å²) in [5, 5.41) is 3.77. The lowest BCUT2D eigenvalue weighted by atomic mass is 10.0. The molecule has 1 rings (SSSR count). The molecule has 0 radical (unpaired) electrons. The Kier molecular flexibility index (Phi) is 5.62. The Morgan fingerprint density at radius 3 is 2.53 bits per heavy atom. The first-order valence-corrected chi connectivity index (χ1v) is 6.49. The van der Waals surface area contributed by atoms with Gasteiger partial charge in [-0.3, -0.25) is 0 Å². The molecule has 1 saturated carbocycles. The van der Waals surface area contributed by atoms with Crippen molar-refractivity contribution in [1.82, 2.24) is 5.32 Å². The molecular weight excluding hydrogens is 186 g/mol. The van der Waals surface area contributed by atoms with E-state index >= 15 is 0 Å². The summed E-state index contributed by atoms with van der Waals surface area (Å²) in [7, 11) is 0. The molecule has 0 aromatic rings. The molecule has 2 nitrogen and oxygen atoms in total. The van der Waals surface area contributed by atoms with Crippen LogP contribution < -0.4 is 5.32 Å². The molecule has 0 aromatic heterocycles. The monoisotopic (exact) mass is 213 g/mol. The molecule has 3 unspecified atom stereocenters. The Hall–Kier alpha value is -0.0800. The molecule has 15 heavy (non-hydrogen) atoms. The van der Waals surface area contributed by atoms with Crippen molar-refractivity contribution in [3.8, 4) is 0 Å². The standard InChI is InChI=1S/C13H27NO/c1-5-15-9-13(10(2)3)14-12-8-6-7-11(12)4/h10-14H,5-9H2,1-4H3. The Morgan fingerprint density at radius 2 is 2.07 bits per heavy atom. The van der Waals surface area contributed by atoms with Gasteiger partial charge >= 0.3 is 0 Å². The van der Waals surface area contributed by atoms with E-state index in [0.29, 0.717) is 12.0 Å². The second-order valence-electron chi connectivity index (χ2n) is 5.19. The summed E-state index contributed by atoms with van der Waals surface area (Å²) in [6.45, 7) is 10.7. The number of rotatable bonds is 6. The zero-order chi connectivity index (χ0) is 11.3. The average Bonchev–Trinajstić information content (AvgIpc) is 2.58. The van der Waals surface area contributed by atoms with Crippen LogP contribution in [0.25, 0.3) is 0 Å². The molecule has 0 saturated heterocycles. The van der Waals surface area contributed by atoms with Crippen LogP contribution in [0.15, 0.2) is 0 Å². The van der Waals surface area contributed by atoms with Gasteiger partial charge < -0.3 is 10.1 Å². The van der Waals surface area contributed by atoms with Crippen molar-refractivity contribution in [2.45, 2.75) is 59.0 Å². The van der Waals surface area contributed by atoms with E-state index in [4.69, 9.17) is 4.74 Å². The molecule has 1 aliphatic rings. The van der Waals surface area contributed by atoms with E-state index in [-0.39, 0.29) is 0 Å². The van der Waals surface area contributed by atoms with Crippen LogP contribution in [0.5, 0.6) is 0 Å². The van der Waals surface area contributed by atoms with Crippen molar-refractivity contribution >= 4 is 0 Å². The van der Waals surface area contributed by atoms with Gasteiger partial charge in [-0.1, -0.05) is 27.2 Å². The molecule has 0 heterocycles. The van der Waals surface area contributed by atoms with Crippen LogP contribution in [0.1, 0.15) is 47.0 Å². The maximum absolute atomic E-state index is 5.54. The van der Waals surface area contributed by atoms with Gasteiger partial charge in [-0.25, -0.2) is 0 Å². The highest BCUT2D eigenvalue weighted by Crippen LogP contribution is 2.25. The lowest BCUT2D eigenvalue weighted by molar-refractivity contribution is 0.101. The van der Waals surface area contributed by atoms with E-state index in [1.54, 1.807) is 0 Å². The normalized spacial score (nSPS) is 28.6. The highest BCUT2D eigenvalue weighted by atomic mass is 16.5. The van der Waals surface area contributed by atoms with Gasteiger partial charge in [0.2, 0.25) is 0 Å². The minimum absolute atomic E-state index is 0.524. The van der Waals surface area contributed by atoms with Crippen molar-refractivity contribution in [3.05, 3.63) is 0 Å². The van der Waals surface area contributed by atoms with Crippen LogP contribution in [-0.4, -0.2) is 25.3 Å². The van der Waals surface area contributed by atoms with Gasteiger partial charge in [0.05, 0.1) is 6.61 Å². The number of ether oxygens (including phenoxy) is 1. The summed E-state index contributed by atoms with van der Waals surface area (Å²) in [6.07, 6.45) is 4.12. The third kappa shape index (κ3) is 4.12. The minimum Gasteiger partial charge on any atom is -0.380 e. The highest BCUT2D eigenvalue weighted by Gasteiger charge is 2.26. The maximum Gasteiger partial charge on any atom is 0.0622 e. The van der Waals surface area contributed by atoms with E-state index in [1.807, 2.05) is 0 Å². The second-order valence-corrected chi connectivity index (χ2v) is 5.19. The lowest BCUT2D eigenvalue weighted by Gasteiger charge is -2.28. The summed E-state index contributed by atoms with van der Waals surface area (Å²) in [5.41, 5.74) is 0. The molecule has 3 atom stereocenters.